The maximum absolute atomic E-state index is 13.4. The summed E-state index contributed by atoms with van der Waals surface area (Å²) in [5.74, 6) is -4.48. The van der Waals surface area contributed by atoms with Gasteiger partial charge in [-0.3, -0.25) is 14.4 Å². The normalized spacial score (nSPS) is 13.5. The van der Waals surface area contributed by atoms with E-state index >= 15 is 0 Å². The molecule has 5 rings (SSSR count). The van der Waals surface area contributed by atoms with Gasteiger partial charge in [-0.1, -0.05) is 43.6 Å². The second-order valence-electron chi connectivity index (χ2n) is 13.0. The molecule has 0 bridgehead atoms. The summed E-state index contributed by atoms with van der Waals surface area (Å²) in [5.41, 5.74) is 0.517. The summed E-state index contributed by atoms with van der Waals surface area (Å²) in [6.07, 6.45) is -3.59. The third-order valence-corrected chi connectivity index (χ3v) is 8.19. The van der Waals surface area contributed by atoms with Crippen LogP contribution in [0.3, 0.4) is 0 Å². The van der Waals surface area contributed by atoms with Crippen LogP contribution in [-0.4, -0.2) is 58.4 Å². The average Bonchev–Trinajstić information content (AvgIpc) is 3.87. The van der Waals surface area contributed by atoms with Crippen LogP contribution in [0.1, 0.15) is 48.2 Å². The minimum Gasteiger partial charge on any atom is -0.454 e. The van der Waals surface area contributed by atoms with E-state index in [9.17, 15) is 36.3 Å². The molecule has 1 aliphatic carbocycles. The Morgan fingerprint density at radius 2 is 1.50 bits per heavy atom. The molecule has 1 aliphatic rings. The van der Waals surface area contributed by atoms with Crippen LogP contribution in [0.5, 0.6) is 6.01 Å². The Labute approximate surface area is 299 Å². The van der Waals surface area contributed by atoms with E-state index in [0.29, 0.717) is 10.7 Å². The van der Waals surface area contributed by atoms with Crippen molar-refractivity contribution in [3.05, 3.63) is 100 Å². The summed E-state index contributed by atoms with van der Waals surface area (Å²) >= 11 is 6.02. The van der Waals surface area contributed by atoms with Gasteiger partial charge in [-0.05, 0) is 77.9 Å². The lowest BCUT2D eigenvalue weighted by Crippen LogP contribution is -2.44. The molecule has 0 unspecified atom stereocenters. The quantitative estimate of drug-likeness (QED) is 0.0817. The third-order valence-electron chi connectivity index (χ3n) is 7.94. The molecule has 0 atom stereocenters. The lowest BCUT2D eigenvalue weighted by Gasteiger charge is -2.25. The second-order valence-corrected chi connectivity index (χ2v) is 13.4. The zero-order chi connectivity index (χ0) is 37.7. The molecule has 2 amide bonds. The van der Waals surface area contributed by atoms with Gasteiger partial charge < -0.3 is 26.0 Å². The highest BCUT2D eigenvalue weighted by atomic mass is 35.5. The van der Waals surface area contributed by atoms with Crippen molar-refractivity contribution in [3.63, 3.8) is 0 Å². The summed E-state index contributed by atoms with van der Waals surface area (Å²) in [4.78, 5) is 49.8. The highest BCUT2D eigenvalue weighted by molar-refractivity contribution is 6.36. The van der Waals surface area contributed by atoms with Gasteiger partial charge in [-0.2, -0.15) is 28.1 Å². The van der Waals surface area contributed by atoms with Crippen molar-refractivity contribution in [2.45, 2.75) is 44.8 Å². The zero-order valence-corrected chi connectivity index (χ0v) is 28.6. The fourth-order valence-electron chi connectivity index (χ4n) is 4.92. The number of hydrogen-bond acceptors (Lipinski definition) is 9. The first kappa shape index (κ1) is 37.9. The van der Waals surface area contributed by atoms with Gasteiger partial charge >= 0.3 is 12.2 Å². The Hall–Kier alpha value is -5.38. The van der Waals surface area contributed by atoms with Gasteiger partial charge in [0.2, 0.25) is 17.7 Å². The van der Waals surface area contributed by atoms with Crippen LogP contribution in [0.4, 0.5) is 39.5 Å². The monoisotopic (exact) mass is 745 g/mol. The zero-order valence-electron chi connectivity index (χ0n) is 27.8. The highest BCUT2D eigenvalue weighted by Gasteiger charge is 2.45. The molecule has 1 heterocycles. The van der Waals surface area contributed by atoms with Crippen molar-refractivity contribution in [2.75, 3.05) is 30.3 Å². The minimum atomic E-state index is -4.62. The van der Waals surface area contributed by atoms with Gasteiger partial charge in [0.05, 0.1) is 5.54 Å². The fourth-order valence-corrected chi connectivity index (χ4v) is 5.05. The summed E-state index contributed by atoms with van der Waals surface area (Å²) in [6.45, 7) is 2.04. The Bertz CT molecular complexity index is 1940. The van der Waals surface area contributed by atoms with Crippen molar-refractivity contribution < 1.29 is 41.1 Å². The van der Waals surface area contributed by atoms with Crippen molar-refractivity contribution in [1.29, 1.82) is 0 Å². The number of ether oxygens (including phenoxy) is 1. The van der Waals surface area contributed by atoms with Gasteiger partial charge in [-0.15, -0.1) is 0 Å². The molecule has 52 heavy (non-hydrogen) atoms. The number of benzene rings is 3. The number of hydrogen-bond donors (Lipinski definition) is 4. The van der Waals surface area contributed by atoms with Gasteiger partial charge in [0.15, 0.2) is 18.2 Å². The molecule has 0 radical (unpaired) electrons. The summed E-state index contributed by atoms with van der Waals surface area (Å²) in [7, 11) is 0. The molecular weight excluding hydrogens is 713 g/mol. The number of aromatic nitrogens is 3. The number of ketones is 1. The number of nitrogens with zero attached hydrogens (tertiary/aromatic N) is 3. The molecule has 1 aromatic heterocycles. The number of rotatable bonds is 15. The molecule has 4 aromatic rings. The van der Waals surface area contributed by atoms with Crippen LogP contribution >= 0.6 is 11.6 Å². The van der Waals surface area contributed by atoms with E-state index in [1.54, 1.807) is 38.1 Å². The molecule has 1 saturated carbocycles. The predicted octanol–water partition coefficient (Wildman–Crippen LogP) is 6.27. The Kier molecular flexibility index (Phi) is 11.3. The lowest BCUT2D eigenvalue weighted by atomic mass is 9.93. The number of nitrogens with one attached hydrogen (secondary N) is 4. The van der Waals surface area contributed by atoms with Crippen LogP contribution in [0.15, 0.2) is 66.7 Å². The van der Waals surface area contributed by atoms with E-state index in [2.05, 4.69) is 36.2 Å². The van der Waals surface area contributed by atoms with Gasteiger partial charge in [0.25, 0.3) is 11.8 Å². The van der Waals surface area contributed by atoms with E-state index in [0.717, 1.165) is 30.5 Å². The lowest BCUT2D eigenvalue weighted by molar-refractivity contribution is -0.154. The van der Waals surface area contributed by atoms with Crippen LogP contribution in [0.2, 0.25) is 5.02 Å². The van der Waals surface area contributed by atoms with Crippen LogP contribution in [0.25, 0.3) is 0 Å². The van der Waals surface area contributed by atoms with Crippen LogP contribution in [-0.2, 0) is 21.5 Å². The fraction of sp³-hybridized carbons (Fsp3) is 0.314. The Balaban J connectivity index is 1.17. The van der Waals surface area contributed by atoms with Crippen molar-refractivity contribution in [2.24, 2.45) is 5.41 Å². The third kappa shape index (κ3) is 10.6. The van der Waals surface area contributed by atoms with Gasteiger partial charge in [0.1, 0.15) is 0 Å². The molecule has 0 aliphatic heterocycles. The maximum atomic E-state index is 13.4. The SMILES string of the molecule is CC(C)(CNC(=O)C(=O)Cc1ccc(F)c(F)c1)CNC(=O)c1ccc(Nc2nc(NC3(c4ccc(Cl)cc4)CC3)nc(OCC(F)(F)F)n2)cc1. The predicted molar refractivity (Wildman–Crippen MR) is 181 cm³/mol. The molecular formula is C35H33ClF5N7O4. The van der Waals surface area contributed by atoms with Gasteiger partial charge in [-0.25, -0.2) is 8.78 Å². The number of alkyl halides is 3. The molecule has 17 heteroatoms. The first-order valence-electron chi connectivity index (χ1n) is 15.9. The van der Waals surface area contributed by atoms with Crippen molar-refractivity contribution in [1.82, 2.24) is 25.6 Å². The standard InChI is InChI=1S/C35H33ClF5N7O4/c1-33(2,18-43-29(51)27(49)16-20-3-12-25(37)26(38)15-20)17-42-28(50)21-4-10-24(11-5-21)44-30-45-31(47-32(46-30)52-19-35(39,40)41)48-34(13-14-34)22-6-8-23(36)9-7-22/h3-12,15H,13-14,16-19H2,1-2H3,(H,42,50)(H,43,51)(H2,44,45,46,47,48). The van der Waals surface area contributed by atoms with Crippen LogP contribution < -0.4 is 26.0 Å². The highest BCUT2D eigenvalue weighted by Crippen LogP contribution is 2.48. The number of carbonyl (C=O) groups excluding carboxylic acids is 3. The van der Waals surface area contributed by atoms with Crippen molar-refractivity contribution in [3.8, 4) is 6.01 Å². The largest absolute Gasteiger partial charge is 0.454 e. The first-order valence-corrected chi connectivity index (χ1v) is 16.3. The number of anilines is 3. The van der Waals surface area contributed by atoms with E-state index in [-0.39, 0.29) is 36.1 Å². The average molecular weight is 746 g/mol. The smallest absolute Gasteiger partial charge is 0.422 e. The Morgan fingerprint density at radius 1 is 0.846 bits per heavy atom. The summed E-state index contributed by atoms with van der Waals surface area (Å²) in [5, 5.41) is 11.9. The number of Topliss-reactive ketones (excluding diaryl/α,β-unsaturated/α-hetero) is 1. The second kappa shape index (κ2) is 15.5. The van der Waals surface area contributed by atoms with E-state index in [1.807, 2.05) is 12.1 Å². The molecule has 4 N–H and O–H groups in total. The van der Waals surface area contributed by atoms with Crippen LogP contribution in [0, 0.1) is 17.0 Å². The van der Waals surface area contributed by atoms with Crippen molar-refractivity contribution >= 4 is 46.8 Å². The van der Waals surface area contributed by atoms with E-state index in [1.165, 1.54) is 18.2 Å². The summed E-state index contributed by atoms with van der Waals surface area (Å²) < 4.78 is 70.1. The molecule has 0 saturated heterocycles. The van der Waals surface area contributed by atoms with Gasteiger partial charge in [0, 0.05) is 35.8 Å². The molecule has 274 valence electrons. The number of halogens is 6. The van der Waals surface area contributed by atoms with E-state index in [4.69, 9.17) is 16.3 Å². The maximum Gasteiger partial charge on any atom is 0.422 e. The first-order chi connectivity index (χ1) is 24.5. The Morgan fingerprint density at radius 3 is 2.13 bits per heavy atom. The number of carbonyl (C=O) groups is 3. The molecule has 1 fully saturated rings. The molecule has 11 nitrogen and oxygen atoms in total. The van der Waals surface area contributed by atoms with E-state index < -0.39 is 65.4 Å². The minimum absolute atomic E-state index is 0.00967. The molecule has 3 aromatic carbocycles. The topological polar surface area (TPSA) is 147 Å². The number of amides is 2. The molecule has 0 spiro atoms. The summed E-state index contributed by atoms with van der Waals surface area (Å²) in [6, 6.07) is 15.6.